The zero-order valence-corrected chi connectivity index (χ0v) is 8.51. The maximum atomic E-state index is 12.5. The molecule has 0 aliphatic heterocycles. The normalized spacial score (nSPS) is 11.5. The number of benzene rings is 1. The van der Waals surface area contributed by atoms with Crippen LogP contribution in [0.15, 0.2) is 29.0 Å². The molecule has 6 nitrogen and oxygen atoms in total. The molecule has 0 aliphatic rings. The van der Waals surface area contributed by atoms with Gasteiger partial charge in [-0.05, 0) is 12.1 Å². The first-order chi connectivity index (χ1) is 8.39. The quantitative estimate of drug-likeness (QED) is 0.611. The van der Waals surface area contributed by atoms with Crippen molar-refractivity contribution < 1.29 is 22.5 Å². The summed E-state index contributed by atoms with van der Waals surface area (Å²) < 4.78 is 42.3. The Hall–Kier alpha value is -2.45. The Bertz CT molecular complexity index is 580. The molecule has 2 aromatic rings. The Balaban J connectivity index is 2.58. The molecule has 0 unspecified atom stereocenters. The van der Waals surface area contributed by atoms with Crippen LogP contribution in [0.3, 0.4) is 0 Å². The molecule has 1 heterocycles. The third kappa shape index (κ3) is 2.14. The Kier molecular flexibility index (Phi) is 2.73. The molecule has 0 saturated carbocycles. The topological polar surface area (TPSA) is 82.1 Å². The van der Waals surface area contributed by atoms with Gasteiger partial charge in [-0.2, -0.15) is 13.2 Å². The molecule has 2 rings (SSSR count). The van der Waals surface area contributed by atoms with Crippen LogP contribution in [0.5, 0.6) is 0 Å². The van der Waals surface area contributed by atoms with E-state index in [1.807, 2.05) is 0 Å². The van der Waals surface area contributed by atoms with Gasteiger partial charge in [0.05, 0.1) is 4.92 Å². The highest BCUT2D eigenvalue weighted by molar-refractivity contribution is 5.60. The fourth-order valence-corrected chi connectivity index (χ4v) is 1.35. The number of nitro benzene ring substituents is 1. The molecule has 18 heavy (non-hydrogen) atoms. The van der Waals surface area contributed by atoms with Crippen LogP contribution in [-0.4, -0.2) is 15.1 Å². The van der Waals surface area contributed by atoms with Gasteiger partial charge < -0.3 is 4.42 Å². The molecule has 0 atom stereocenters. The van der Waals surface area contributed by atoms with Gasteiger partial charge in [0.1, 0.15) is 5.56 Å². The summed E-state index contributed by atoms with van der Waals surface area (Å²) in [7, 11) is 0. The third-order valence-corrected chi connectivity index (χ3v) is 2.11. The summed E-state index contributed by atoms with van der Waals surface area (Å²) in [5.41, 5.74) is -2.33. The zero-order valence-electron chi connectivity index (χ0n) is 8.51. The second-order valence-corrected chi connectivity index (χ2v) is 3.23. The van der Waals surface area contributed by atoms with Gasteiger partial charge >= 0.3 is 6.18 Å². The van der Waals surface area contributed by atoms with Gasteiger partial charge in [-0.1, -0.05) is 0 Å². The molecule has 0 aliphatic carbocycles. The van der Waals surface area contributed by atoms with Crippen LogP contribution in [0.25, 0.3) is 11.5 Å². The Morgan fingerprint density at radius 1 is 1.33 bits per heavy atom. The predicted molar refractivity (Wildman–Crippen MR) is 51.4 cm³/mol. The lowest BCUT2D eigenvalue weighted by atomic mass is 10.1. The number of aromatic nitrogens is 2. The Morgan fingerprint density at radius 2 is 2.06 bits per heavy atom. The predicted octanol–water partition coefficient (Wildman–Crippen LogP) is 2.66. The number of hydrogen-bond donors (Lipinski definition) is 0. The van der Waals surface area contributed by atoms with E-state index in [0.29, 0.717) is 6.07 Å². The molecule has 0 spiro atoms. The maximum Gasteiger partial charge on any atom is 0.422 e. The van der Waals surface area contributed by atoms with Crippen molar-refractivity contribution in [1.29, 1.82) is 0 Å². The first-order valence-corrected chi connectivity index (χ1v) is 4.52. The average Bonchev–Trinajstić information content (AvgIpc) is 2.80. The molecule has 9 heteroatoms. The minimum absolute atomic E-state index is 0.0483. The van der Waals surface area contributed by atoms with Crippen molar-refractivity contribution in [2.45, 2.75) is 6.18 Å². The number of alkyl halides is 3. The summed E-state index contributed by atoms with van der Waals surface area (Å²) in [6.45, 7) is 0. The van der Waals surface area contributed by atoms with Crippen molar-refractivity contribution >= 4 is 5.69 Å². The van der Waals surface area contributed by atoms with Gasteiger partial charge in [0.15, 0.2) is 0 Å². The summed E-state index contributed by atoms with van der Waals surface area (Å²) in [6.07, 6.45) is -3.82. The number of halogens is 3. The largest absolute Gasteiger partial charge is 0.423 e. The van der Waals surface area contributed by atoms with Crippen LogP contribution in [0.1, 0.15) is 5.56 Å². The fourth-order valence-electron chi connectivity index (χ4n) is 1.35. The van der Waals surface area contributed by atoms with Crippen molar-refractivity contribution in [2.24, 2.45) is 0 Å². The van der Waals surface area contributed by atoms with E-state index in [1.54, 1.807) is 0 Å². The SMILES string of the molecule is O=[N+]([O-])c1cc(-c2nnco2)ccc1C(F)(F)F. The first-order valence-electron chi connectivity index (χ1n) is 4.52. The van der Waals surface area contributed by atoms with Crippen molar-refractivity contribution in [3.63, 3.8) is 0 Å². The standard InChI is InChI=1S/C9H4F3N3O3/c10-9(11,12)6-2-1-5(3-7(6)15(16)17)8-14-13-4-18-8/h1-4H. The molecular formula is C9H4F3N3O3. The highest BCUT2D eigenvalue weighted by atomic mass is 19.4. The highest BCUT2D eigenvalue weighted by Gasteiger charge is 2.38. The smallest absolute Gasteiger partial charge is 0.422 e. The molecule has 0 fully saturated rings. The second kappa shape index (κ2) is 4.09. The lowest BCUT2D eigenvalue weighted by Crippen LogP contribution is -2.08. The van der Waals surface area contributed by atoms with Crippen LogP contribution in [0.2, 0.25) is 0 Å². The van der Waals surface area contributed by atoms with Crippen molar-refractivity contribution in [2.75, 3.05) is 0 Å². The monoisotopic (exact) mass is 259 g/mol. The number of nitro groups is 1. The number of nitrogens with zero attached hydrogens (tertiary/aromatic N) is 3. The van der Waals surface area contributed by atoms with Crippen molar-refractivity contribution in [1.82, 2.24) is 10.2 Å². The van der Waals surface area contributed by atoms with Gasteiger partial charge in [0, 0.05) is 11.6 Å². The van der Waals surface area contributed by atoms with Crippen LogP contribution in [0, 0.1) is 10.1 Å². The summed E-state index contributed by atoms with van der Waals surface area (Å²) >= 11 is 0. The Labute approximate surface area is 97.2 Å². The number of hydrogen-bond acceptors (Lipinski definition) is 5. The fraction of sp³-hybridized carbons (Fsp3) is 0.111. The summed E-state index contributed by atoms with van der Waals surface area (Å²) in [5.74, 6) is -0.0909. The highest BCUT2D eigenvalue weighted by Crippen LogP contribution is 2.37. The van der Waals surface area contributed by atoms with E-state index in [2.05, 4.69) is 10.2 Å². The van der Waals surface area contributed by atoms with E-state index in [0.717, 1.165) is 18.5 Å². The number of rotatable bonds is 2. The molecule has 0 radical (unpaired) electrons. The van der Waals surface area contributed by atoms with E-state index < -0.39 is 22.4 Å². The molecule has 0 bridgehead atoms. The minimum atomic E-state index is -4.80. The van der Waals surface area contributed by atoms with Crippen molar-refractivity contribution in [3.05, 3.63) is 40.3 Å². The first kappa shape index (κ1) is 12.0. The molecular weight excluding hydrogens is 255 g/mol. The molecule has 94 valence electrons. The van der Waals surface area contributed by atoms with E-state index in [4.69, 9.17) is 4.42 Å². The van der Waals surface area contributed by atoms with E-state index in [-0.39, 0.29) is 11.5 Å². The van der Waals surface area contributed by atoms with E-state index in [9.17, 15) is 23.3 Å². The van der Waals surface area contributed by atoms with Crippen LogP contribution >= 0.6 is 0 Å². The lowest BCUT2D eigenvalue weighted by molar-refractivity contribution is -0.388. The Morgan fingerprint density at radius 3 is 2.56 bits per heavy atom. The summed E-state index contributed by atoms with van der Waals surface area (Å²) in [6, 6.07) is 2.39. The molecule has 0 saturated heterocycles. The van der Waals surface area contributed by atoms with Crippen LogP contribution in [0.4, 0.5) is 18.9 Å². The minimum Gasteiger partial charge on any atom is -0.423 e. The summed E-state index contributed by atoms with van der Waals surface area (Å²) in [4.78, 5) is 9.52. The molecule has 0 amide bonds. The molecule has 1 aromatic carbocycles. The van der Waals surface area contributed by atoms with Crippen LogP contribution in [-0.2, 0) is 6.18 Å². The summed E-state index contributed by atoms with van der Waals surface area (Å²) in [5, 5.41) is 17.4. The zero-order chi connectivity index (χ0) is 13.3. The lowest BCUT2D eigenvalue weighted by Gasteiger charge is -2.07. The molecule has 0 N–H and O–H groups in total. The van der Waals surface area contributed by atoms with Gasteiger partial charge in [0.2, 0.25) is 12.3 Å². The average molecular weight is 259 g/mol. The third-order valence-electron chi connectivity index (χ3n) is 2.11. The van der Waals surface area contributed by atoms with Crippen LogP contribution < -0.4 is 0 Å². The van der Waals surface area contributed by atoms with Gasteiger partial charge in [0.25, 0.3) is 5.69 Å². The van der Waals surface area contributed by atoms with Gasteiger partial charge in [-0.15, -0.1) is 10.2 Å². The van der Waals surface area contributed by atoms with Gasteiger partial charge in [-0.3, -0.25) is 10.1 Å². The van der Waals surface area contributed by atoms with E-state index >= 15 is 0 Å². The van der Waals surface area contributed by atoms with E-state index in [1.165, 1.54) is 0 Å². The molecule has 1 aromatic heterocycles. The maximum absolute atomic E-state index is 12.5. The van der Waals surface area contributed by atoms with Crippen molar-refractivity contribution in [3.8, 4) is 11.5 Å². The second-order valence-electron chi connectivity index (χ2n) is 3.23. The van der Waals surface area contributed by atoms with Gasteiger partial charge in [-0.25, -0.2) is 0 Å².